The van der Waals surface area contributed by atoms with Gasteiger partial charge in [-0.15, -0.1) is 0 Å². The summed E-state index contributed by atoms with van der Waals surface area (Å²) in [4.78, 5) is 13.6. The summed E-state index contributed by atoms with van der Waals surface area (Å²) >= 11 is 0. The number of carbonyl (C=O) groups excluding carboxylic acids is 1. The van der Waals surface area contributed by atoms with Crippen LogP contribution in [0.3, 0.4) is 0 Å². The van der Waals surface area contributed by atoms with E-state index in [4.69, 9.17) is 9.63 Å². The highest BCUT2D eigenvalue weighted by atomic mass is 16.5. The second-order valence-electron chi connectivity index (χ2n) is 3.97. The van der Waals surface area contributed by atoms with Crippen LogP contribution < -0.4 is 5.32 Å². The third kappa shape index (κ3) is 3.63. The summed E-state index contributed by atoms with van der Waals surface area (Å²) < 4.78 is 4.73. The van der Waals surface area contributed by atoms with Crippen molar-refractivity contribution in [2.75, 3.05) is 20.6 Å². The van der Waals surface area contributed by atoms with Crippen LogP contribution in [0.2, 0.25) is 0 Å². The first kappa shape index (κ1) is 12.7. The molecule has 1 amide bonds. The van der Waals surface area contributed by atoms with Gasteiger partial charge in [-0.1, -0.05) is 5.16 Å². The van der Waals surface area contributed by atoms with Crippen molar-refractivity contribution in [2.45, 2.75) is 19.6 Å². The van der Waals surface area contributed by atoms with Crippen LogP contribution in [0.15, 0.2) is 10.6 Å². The second-order valence-corrected chi connectivity index (χ2v) is 3.97. The highest BCUT2D eigenvalue weighted by molar-refractivity contribution is 5.92. The first-order chi connectivity index (χ1) is 7.52. The molecule has 0 saturated heterocycles. The predicted molar refractivity (Wildman–Crippen MR) is 57.9 cm³/mol. The number of nitrogens with zero attached hydrogens (tertiary/aromatic N) is 2. The molecule has 0 saturated carbocycles. The van der Waals surface area contributed by atoms with Crippen LogP contribution in [-0.4, -0.2) is 47.8 Å². The molecule has 0 aromatic carbocycles. The maximum Gasteiger partial charge on any atom is 0.273 e. The first-order valence-corrected chi connectivity index (χ1v) is 5.05. The van der Waals surface area contributed by atoms with Gasteiger partial charge < -0.3 is 19.8 Å². The number of likely N-dealkylation sites (N-methyl/N-ethyl adjacent to an activating group) is 1. The van der Waals surface area contributed by atoms with Crippen molar-refractivity contribution >= 4 is 5.91 Å². The van der Waals surface area contributed by atoms with Gasteiger partial charge in [0.25, 0.3) is 5.91 Å². The fourth-order valence-corrected chi connectivity index (χ4v) is 1.39. The van der Waals surface area contributed by atoms with Crippen LogP contribution in [0.1, 0.15) is 23.2 Å². The van der Waals surface area contributed by atoms with Gasteiger partial charge in [-0.05, 0) is 21.0 Å². The summed E-state index contributed by atoms with van der Waals surface area (Å²) in [5.74, 6) is -0.0109. The average Bonchev–Trinajstić information content (AvgIpc) is 2.64. The fourth-order valence-electron chi connectivity index (χ4n) is 1.39. The van der Waals surface area contributed by atoms with Gasteiger partial charge in [0.15, 0.2) is 11.5 Å². The molecule has 6 nitrogen and oxygen atoms in total. The van der Waals surface area contributed by atoms with E-state index in [9.17, 15) is 4.79 Å². The maximum atomic E-state index is 11.6. The topological polar surface area (TPSA) is 78.6 Å². The molecule has 0 fully saturated rings. The third-order valence-corrected chi connectivity index (χ3v) is 1.96. The van der Waals surface area contributed by atoms with E-state index >= 15 is 0 Å². The van der Waals surface area contributed by atoms with E-state index in [0.717, 1.165) is 6.54 Å². The number of nitrogens with one attached hydrogen (secondary N) is 1. The molecule has 0 aliphatic heterocycles. The zero-order chi connectivity index (χ0) is 12.1. The largest absolute Gasteiger partial charge is 0.388 e. The van der Waals surface area contributed by atoms with E-state index in [1.54, 1.807) is 0 Å². The lowest BCUT2D eigenvalue weighted by molar-refractivity contribution is 0.0924. The zero-order valence-electron chi connectivity index (χ0n) is 9.73. The predicted octanol–water partition coefficient (Wildman–Crippen LogP) is -0.153. The lowest BCUT2D eigenvalue weighted by atomic mass is 10.3. The molecule has 1 aromatic heterocycles. The molecule has 0 bridgehead atoms. The Hall–Kier alpha value is -1.40. The quantitative estimate of drug-likeness (QED) is 0.731. The SMILES string of the molecule is CC(CN(C)C)NC(=O)c1cc(CO)on1. The Morgan fingerprint density at radius 1 is 1.69 bits per heavy atom. The standard InChI is InChI=1S/C10H17N3O3/c1-7(5-13(2)3)11-10(15)9-4-8(6-14)16-12-9/h4,7,14H,5-6H2,1-3H3,(H,11,15). The van der Waals surface area contributed by atoms with Gasteiger partial charge in [-0.3, -0.25) is 4.79 Å². The molecule has 1 rings (SSSR count). The summed E-state index contributed by atoms with van der Waals surface area (Å²) in [6.45, 7) is 2.40. The summed E-state index contributed by atoms with van der Waals surface area (Å²) in [6.07, 6.45) is 0. The summed E-state index contributed by atoms with van der Waals surface area (Å²) in [6, 6.07) is 1.45. The first-order valence-electron chi connectivity index (χ1n) is 5.05. The van der Waals surface area contributed by atoms with Crippen molar-refractivity contribution in [3.05, 3.63) is 17.5 Å². The van der Waals surface area contributed by atoms with Crippen molar-refractivity contribution in [2.24, 2.45) is 0 Å². The number of aliphatic hydroxyl groups is 1. The van der Waals surface area contributed by atoms with Gasteiger partial charge in [0.1, 0.15) is 6.61 Å². The molecule has 2 N–H and O–H groups in total. The Balaban J connectivity index is 2.51. The van der Waals surface area contributed by atoms with Crippen molar-refractivity contribution in [1.82, 2.24) is 15.4 Å². The Morgan fingerprint density at radius 2 is 2.38 bits per heavy atom. The molecule has 1 atom stereocenters. The van der Waals surface area contributed by atoms with Crippen LogP contribution in [0.4, 0.5) is 0 Å². The van der Waals surface area contributed by atoms with E-state index < -0.39 is 0 Å². The Kier molecular flexibility index (Phi) is 4.45. The number of hydrogen-bond acceptors (Lipinski definition) is 5. The van der Waals surface area contributed by atoms with E-state index in [1.165, 1.54) is 6.07 Å². The van der Waals surface area contributed by atoms with Crippen LogP contribution in [0, 0.1) is 0 Å². The smallest absolute Gasteiger partial charge is 0.273 e. The zero-order valence-corrected chi connectivity index (χ0v) is 9.73. The minimum atomic E-state index is -0.294. The lowest BCUT2D eigenvalue weighted by Gasteiger charge is -2.17. The van der Waals surface area contributed by atoms with Crippen molar-refractivity contribution in [1.29, 1.82) is 0 Å². The minimum Gasteiger partial charge on any atom is -0.388 e. The number of amides is 1. The molecule has 1 heterocycles. The van der Waals surface area contributed by atoms with Gasteiger partial charge in [0, 0.05) is 18.7 Å². The molecule has 6 heteroatoms. The molecule has 0 aliphatic carbocycles. The maximum absolute atomic E-state index is 11.6. The van der Waals surface area contributed by atoms with Crippen LogP contribution in [0.25, 0.3) is 0 Å². The Bertz CT molecular complexity index is 349. The summed E-state index contributed by atoms with van der Waals surface area (Å²) in [5.41, 5.74) is 0.189. The van der Waals surface area contributed by atoms with E-state index in [1.807, 2.05) is 25.9 Å². The molecular formula is C10H17N3O3. The van der Waals surface area contributed by atoms with E-state index in [2.05, 4.69) is 10.5 Å². The molecule has 0 aliphatic rings. The highest BCUT2D eigenvalue weighted by Crippen LogP contribution is 2.03. The fraction of sp³-hybridized carbons (Fsp3) is 0.600. The van der Waals surface area contributed by atoms with Crippen molar-refractivity contribution in [3.8, 4) is 0 Å². The number of aromatic nitrogens is 1. The highest BCUT2D eigenvalue weighted by Gasteiger charge is 2.14. The Labute approximate surface area is 94.2 Å². The second kappa shape index (κ2) is 5.62. The van der Waals surface area contributed by atoms with Crippen molar-refractivity contribution in [3.63, 3.8) is 0 Å². The monoisotopic (exact) mass is 227 g/mol. The number of aliphatic hydroxyl groups excluding tert-OH is 1. The van der Waals surface area contributed by atoms with Crippen LogP contribution in [-0.2, 0) is 6.61 Å². The van der Waals surface area contributed by atoms with Gasteiger partial charge in [0.2, 0.25) is 0 Å². The molecule has 1 unspecified atom stereocenters. The minimum absolute atomic E-state index is 0.0248. The van der Waals surface area contributed by atoms with Gasteiger partial charge in [-0.2, -0.15) is 0 Å². The number of hydrogen-bond donors (Lipinski definition) is 2. The normalized spacial score (nSPS) is 12.8. The van der Waals surface area contributed by atoms with Gasteiger partial charge in [0.05, 0.1) is 0 Å². The molecule has 0 radical (unpaired) electrons. The number of carbonyl (C=O) groups is 1. The Morgan fingerprint density at radius 3 is 2.88 bits per heavy atom. The van der Waals surface area contributed by atoms with Crippen molar-refractivity contribution < 1.29 is 14.4 Å². The molecule has 16 heavy (non-hydrogen) atoms. The molecular weight excluding hydrogens is 210 g/mol. The van der Waals surface area contributed by atoms with E-state index in [-0.39, 0.29) is 30.0 Å². The lowest BCUT2D eigenvalue weighted by Crippen LogP contribution is -2.39. The van der Waals surface area contributed by atoms with Crippen LogP contribution >= 0.6 is 0 Å². The molecule has 1 aromatic rings. The average molecular weight is 227 g/mol. The molecule has 90 valence electrons. The molecule has 0 spiro atoms. The third-order valence-electron chi connectivity index (χ3n) is 1.96. The summed E-state index contributed by atoms with van der Waals surface area (Å²) in [7, 11) is 3.87. The summed E-state index contributed by atoms with van der Waals surface area (Å²) in [5, 5.41) is 15.1. The van der Waals surface area contributed by atoms with Gasteiger partial charge in [-0.25, -0.2) is 0 Å². The van der Waals surface area contributed by atoms with E-state index in [0.29, 0.717) is 0 Å². The van der Waals surface area contributed by atoms with Crippen LogP contribution in [0.5, 0.6) is 0 Å². The number of rotatable bonds is 5. The van der Waals surface area contributed by atoms with Gasteiger partial charge >= 0.3 is 0 Å².